The number of ether oxygens (including phenoxy) is 3. The van der Waals surface area contributed by atoms with E-state index in [9.17, 15) is 35.1 Å². The largest absolute Gasteiger partial charge is 0.454 e. The SMILES string of the molecule is CC/C=C/C/C=C/C/C=C/CCCCCC(O)C(=O)NC(COC1OC(CO)C(O)C(O)C1OC(=O)CCCCCCCCCCCCC/C=C\C/C=C\C/C=C\C/C=C\CCCCC)C(O)/C=C/CCCCCCCCCCC. The Morgan fingerprint density at radius 2 is 0.900 bits per heavy atom. The Kier molecular flexibility index (Phi) is 52.3. The predicted octanol–water partition coefficient (Wildman–Crippen LogP) is 15.9. The van der Waals surface area contributed by atoms with E-state index in [0.29, 0.717) is 12.8 Å². The highest BCUT2D eigenvalue weighted by Crippen LogP contribution is 2.26. The average molecular weight is 1120 g/mol. The quantitative estimate of drug-likeness (QED) is 0.0195. The predicted molar refractivity (Wildman–Crippen MR) is 333 cm³/mol. The van der Waals surface area contributed by atoms with Crippen molar-refractivity contribution in [1.29, 1.82) is 0 Å². The second-order valence-corrected chi connectivity index (χ2v) is 22.1. The second-order valence-electron chi connectivity index (χ2n) is 22.1. The van der Waals surface area contributed by atoms with Gasteiger partial charge in [-0.2, -0.15) is 0 Å². The molecule has 1 aliphatic rings. The summed E-state index contributed by atoms with van der Waals surface area (Å²) in [5.74, 6) is -1.22. The zero-order valence-electron chi connectivity index (χ0n) is 50.9. The van der Waals surface area contributed by atoms with Crippen LogP contribution in [0.5, 0.6) is 0 Å². The molecule has 0 aromatic carbocycles. The smallest absolute Gasteiger partial charge is 0.306 e. The molecule has 0 saturated carbocycles. The van der Waals surface area contributed by atoms with E-state index in [1.807, 2.05) is 6.08 Å². The molecule has 0 radical (unpaired) electrons. The highest BCUT2D eigenvalue weighted by molar-refractivity contribution is 5.80. The number of carbonyl (C=O) groups is 2. The van der Waals surface area contributed by atoms with Crippen LogP contribution in [0.2, 0.25) is 0 Å². The van der Waals surface area contributed by atoms with Gasteiger partial charge in [-0.3, -0.25) is 9.59 Å². The summed E-state index contributed by atoms with van der Waals surface area (Å²) >= 11 is 0. The van der Waals surface area contributed by atoms with Crippen LogP contribution in [0.3, 0.4) is 0 Å². The number of esters is 1. The molecule has 0 spiro atoms. The van der Waals surface area contributed by atoms with Gasteiger partial charge < -0.3 is 45.1 Å². The fourth-order valence-corrected chi connectivity index (χ4v) is 9.59. The minimum Gasteiger partial charge on any atom is -0.454 e. The fraction of sp³-hybridized carbons (Fsp3) is 0.739. The van der Waals surface area contributed by atoms with E-state index in [0.717, 1.165) is 109 Å². The number of rotatable bonds is 54. The molecule has 1 aliphatic heterocycles. The van der Waals surface area contributed by atoms with Crippen molar-refractivity contribution in [3.05, 3.63) is 97.2 Å². The first-order chi connectivity index (χ1) is 39.2. The van der Waals surface area contributed by atoms with Crippen LogP contribution in [0.1, 0.15) is 265 Å². The zero-order chi connectivity index (χ0) is 58.2. The Hall–Kier alpha value is -3.42. The third-order valence-corrected chi connectivity index (χ3v) is 14.7. The van der Waals surface area contributed by atoms with E-state index in [4.69, 9.17) is 14.2 Å². The normalized spacial score (nSPS) is 19.4. The van der Waals surface area contributed by atoms with Crippen LogP contribution in [-0.4, -0.2) is 99.6 Å². The fourth-order valence-electron chi connectivity index (χ4n) is 9.59. The molecule has 0 bridgehead atoms. The molecule has 11 nitrogen and oxygen atoms in total. The molecular formula is C69H119NO10. The van der Waals surface area contributed by atoms with Crippen LogP contribution in [0.25, 0.3) is 0 Å². The summed E-state index contributed by atoms with van der Waals surface area (Å²) in [6.07, 6.45) is 64.6. The van der Waals surface area contributed by atoms with E-state index in [1.54, 1.807) is 6.08 Å². The Morgan fingerprint density at radius 1 is 0.500 bits per heavy atom. The van der Waals surface area contributed by atoms with Crippen LogP contribution in [-0.2, 0) is 23.8 Å². The number of carbonyl (C=O) groups excluding carboxylic acids is 2. The minimum absolute atomic E-state index is 0.112. The van der Waals surface area contributed by atoms with Gasteiger partial charge in [-0.25, -0.2) is 0 Å². The average Bonchev–Trinajstić information content (AvgIpc) is 3.46. The third kappa shape index (κ3) is 43.3. The lowest BCUT2D eigenvalue weighted by atomic mass is 9.99. The number of unbranched alkanes of at least 4 members (excludes halogenated alkanes) is 26. The lowest BCUT2D eigenvalue weighted by Crippen LogP contribution is -2.61. The summed E-state index contributed by atoms with van der Waals surface area (Å²) in [6, 6.07) is -1.04. The lowest BCUT2D eigenvalue weighted by molar-refractivity contribution is -0.305. The highest BCUT2D eigenvalue weighted by atomic mass is 16.7. The topological polar surface area (TPSA) is 175 Å². The number of allylic oxidation sites excluding steroid dienone is 15. The summed E-state index contributed by atoms with van der Waals surface area (Å²) < 4.78 is 17.6. The Morgan fingerprint density at radius 3 is 1.38 bits per heavy atom. The molecule has 460 valence electrons. The van der Waals surface area contributed by atoms with Crippen molar-refractivity contribution in [3.8, 4) is 0 Å². The van der Waals surface area contributed by atoms with Crippen molar-refractivity contribution in [2.45, 2.75) is 314 Å². The van der Waals surface area contributed by atoms with Crippen molar-refractivity contribution in [3.63, 3.8) is 0 Å². The van der Waals surface area contributed by atoms with Crippen LogP contribution >= 0.6 is 0 Å². The number of hydrogen-bond donors (Lipinski definition) is 6. The first kappa shape index (κ1) is 74.6. The lowest BCUT2D eigenvalue weighted by Gasteiger charge is -2.41. The Labute approximate surface area is 488 Å². The van der Waals surface area contributed by atoms with E-state index < -0.39 is 67.4 Å². The van der Waals surface area contributed by atoms with Gasteiger partial charge in [0.05, 0.1) is 25.4 Å². The maximum Gasteiger partial charge on any atom is 0.306 e. The molecule has 8 unspecified atom stereocenters. The van der Waals surface area contributed by atoms with Crippen molar-refractivity contribution in [2.75, 3.05) is 13.2 Å². The van der Waals surface area contributed by atoms with Crippen molar-refractivity contribution >= 4 is 11.9 Å². The molecule has 0 aromatic rings. The Bertz CT molecular complexity index is 1670. The van der Waals surface area contributed by atoms with Crippen LogP contribution in [0.15, 0.2) is 97.2 Å². The standard InChI is InChI=1S/C69H119NO10/c1-4-7-10-13-16-19-22-24-25-26-27-28-29-30-31-32-33-34-35-36-37-39-42-45-48-51-54-57-64(74)80-67-66(76)65(75)63(58-71)79-69(67)78-59-60(61(72)55-52-49-46-43-40-21-18-15-12-9-6-3)70-68(77)62(73)56-53-50-47-44-41-38-23-20-17-14-11-8-5-2/h8,11,16-17,19-20,24-25,27-28,30-31,38,41,52,55,60-63,65-67,69,71-73,75-76H,4-7,9-10,12-15,18,21-23,26,29,32-37,39-40,42-51,53-54,56-59H2,1-3H3,(H,70,77)/b11-8+,19-16-,20-17+,25-24-,28-27-,31-30-,41-38+,55-52+. The molecule has 8 atom stereocenters. The third-order valence-electron chi connectivity index (χ3n) is 14.7. The van der Waals surface area contributed by atoms with Gasteiger partial charge in [-0.15, -0.1) is 0 Å². The molecule has 0 aromatic heterocycles. The molecule has 1 fully saturated rings. The van der Waals surface area contributed by atoms with Gasteiger partial charge in [0.15, 0.2) is 12.4 Å². The molecule has 80 heavy (non-hydrogen) atoms. The summed E-state index contributed by atoms with van der Waals surface area (Å²) in [5, 5.41) is 56.9. The van der Waals surface area contributed by atoms with E-state index in [1.165, 1.54) is 109 Å². The molecule has 1 saturated heterocycles. The van der Waals surface area contributed by atoms with Crippen molar-refractivity contribution in [1.82, 2.24) is 5.32 Å². The second kappa shape index (κ2) is 56.1. The van der Waals surface area contributed by atoms with Crippen molar-refractivity contribution < 1.29 is 49.3 Å². The van der Waals surface area contributed by atoms with Crippen molar-refractivity contribution in [2.24, 2.45) is 0 Å². The first-order valence-corrected chi connectivity index (χ1v) is 32.5. The molecule has 0 aliphatic carbocycles. The Balaban J connectivity index is 2.57. The van der Waals surface area contributed by atoms with Gasteiger partial charge in [-0.1, -0.05) is 253 Å². The van der Waals surface area contributed by atoms with Gasteiger partial charge in [0.2, 0.25) is 5.91 Å². The van der Waals surface area contributed by atoms with Crippen LogP contribution in [0, 0.1) is 0 Å². The maximum absolute atomic E-state index is 13.4. The zero-order valence-corrected chi connectivity index (χ0v) is 50.9. The summed E-state index contributed by atoms with van der Waals surface area (Å²) in [6.45, 7) is 5.62. The molecule has 1 rings (SSSR count). The number of aliphatic hydroxyl groups is 5. The van der Waals surface area contributed by atoms with E-state index in [-0.39, 0.29) is 19.4 Å². The van der Waals surface area contributed by atoms with Gasteiger partial charge >= 0.3 is 5.97 Å². The first-order valence-electron chi connectivity index (χ1n) is 32.5. The summed E-state index contributed by atoms with van der Waals surface area (Å²) in [7, 11) is 0. The van der Waals surface area contributed by atoms with E-state index >= 15 is 0 Å². The van der Waals surface area contributed by atoms with Gasteiger partial charge in [0.25, 0.3) is 0 Å². The molecule has 11 heteroatoms. The highest BCUT2D eigenvalue weighted by Gasteiger charge is 2.47. The minimum atomic E-state index is -1.62. The van der Waals surface area contributed by atoms with Crippen LogP contribution in [0.4, 0.5) is 0 Å². The summed E-state index contributed by atoms with van der Waals surface area (Å²) in [5.41, 5.74) is 0. The maximum atomic E-state index is 13.4. The number of amides is 1. The number of hydrogen-bond acceptors (Lipinski definition) is 10. The van der Waals surface area contributed by atoms with E-state index in [2.05, 4.69) is 111 Å². The number of nitrogens with one attached hydrogen (secondary N) is 1. The molecular weight excluding hydrogens is 1000 g/mol. The van der Waals surface area contributed by atoms with Gasteiger partial charge in [0, 0.05) is 6.42 Å². The number of aliphatic hydroxyl groups excluding tert-OH is 5. The van der Waals surface area contributed by atoms with Gasteiger partial charge in [0.1, 0.15) is 24.4 Å². The van der Waals surface area contributed by atoms with Crippen LogP contribution < -0.4 is 5.32 Å². The molecule has 1 heterocycles. The molecule has 6 N–H and O–H groups in total. The summed E-state index contributed by atoms with van der Waals surface area (Å²) in [4.78, 5) is 26.5. The monoisotopic (exact) mass is 1120 g/mol. The molecule has 1 amide bonds. The van der Waals surface area contributed by atoms with Gasteiger partial charge in [-0.05, 0) is 103 Å².